The Morgan fingerprint density at radius 2 is 1.45 bits per heavy atom. The van der Waals surface area contributed by atoms with Crippen molar-refractivity contribution in [3.8, 4) is 33.5 Å². The summed E-state index contributed by atoms with van der Waals surface area (Å²) in [6, 6.07) is 22.4. The number of carbonyl (C=O) groups excluding carboxylic acids is 2. The molecule has 38 heavy (non-hydrogen) atoms. The molecule has 0 bridgehead atoms. The fraction of sp³-hybridized carbons (Fsp3) is 0.200. The average molecular weight is 519 g/mol. The van der Waals surface area contributed by atoms with E-state index >= 15 is 0 Å². The number of amides is 1. The van der Waals surface area contributed by atoms with Gasteiger partial charge >= 0.3 is 5.97 Å². The molecule has 5 rings (SSSR count). The van der Waals surface area contributed by atoms with Gasteiger partial charge in [-0.15, -0.1) is 0 Å². The molecule has 0 saturated carbocycles. The van der Waals surface area contributed by atoms with Crippen molar-refractivity contribution >= 4 is 11.9 Å². The van der Waals surface area contributed by atoms with Crippen molar-refractivity contribution in [1.82, 2.24) is 9.88 Å². The largest absolute Gasteiger partial charge is 0.464 e. The number of methoxy groups -OCH3 is 1. The summed E-state index contributed by atoms with van der Waals surface area (Å²) in [7, 11) is 1.31. The van der Waals surface area contributed by atoms with E-state index in [4.69, 9.17) is 4.74 Å². The van der Waals surface area contributed by atoms with Gasteiger partial charge in [-0.3, -0.25) is 4.79 Å². The van der Waals surface area contributed by atoms with E-state index in [9.17, 15) is 22.8 Å². The molecule has 4 aromatic rings. The quantitative estimate of drug-likeness (QED) is 0.295. The van der Waals surface area contributed by atoms with E-state index in [1.165, 1.54) is 24.1 Å². The van der Waals surface area contributed by atoms with Crippen LogP contribution in [0.1, 0.15) is 33.7 Å². The molecule has 0 radical (unpaired) electrons. The number of alkyl halides is 2. The predicted molar refractivity (Wildman–Crippen MR) is 138 cm³/mol. The van der Waals surface area contributed by atoms with Crippen molar-refractivity contribution in [3.05, 3.63) is 95.9 Å². The van der Waals surface area contributed by atoms with Crippen molar-refractivity contribution in [2.45, 2.75) is 18.8 Å². The molecule has 1 aromatic heterocycles. The van der Waals surface area contributed by atoms with Crippen LogP contribution in [-0.4, -0.2) is 47.9 Å². The van der Waals surface area contributed by atoms with Gasteiger partial charge in [-0.25, -0.2) is 18.0 Å². The lowest BCUT2D eigenvalue weighted by Crippen LogP contribution is -2.42. The van der Waals surface area contributed by atoms with Crippen molar-refractivity contribution in [2.24, 2.45) is 0 Å². The molecule has 0 aliphatic carbocycles. The molecule has 8 heteroatoms. The number of ether oxygens (including phenoxy) is 1. The van der Waals surface area contributed by atoms with Crippen LogP contribution in [0.4, 0.5) is 13.2 Å². The highest BCUT2D eigenvalue weighted by molar-refractivity contribution is 5.95. The topological polar surface area (TPSA) is 62.4 Å². The van der Waals surface area contributed by atoms with Gasteiger partial charge in [-0.1, -0.05) is 36.4 Å². The molecule has 0 spiro atoms. The minimum absolute atomic E-state index is 0.0342. The van der Waals surface area contributed by atoms with Crippen LogP contribution in [0.5, 0.6) is 0 Å². The van der Waals surface area contributed by atoms with Crippen LogP contribution in [0.2, 0.25) is 0 Å². The maximum Gasteiger partial charge on any atom is 0.354 e. The molecule has 1 N–H and O–H groups in total. The first kappa shape index (κ1) is 25.3. The van der Waals surface area contributed by atoms with Crippen LogP contribution >= 0.6 is 0 Å². The van der Waals surface area contributed by atoms with Crippen molar-refractivity contribution < 1.29 is 27.5 Å². The lowest BCUT2D eigenvalue weighted by atomic mass is 9.93. The Morgan fingerprint density at radius 1 is 0.816 bits per heavy atom. The van der Waals surface area contributed by atoms with Gasteiger partial charge < -0.3 is 14.6 Å². The minimum atomic E-state index is -2.71. The second-order valence-electron chi connectivity index (χ2n) is 9.27. The molecule has 194 valence electrons. The third-order valence-electron chi connectivity index (χ3n) is 6.80. The lowest BCUT2D eigenvalue weighted by molar-refractivity contribution is -0.0494. The number of carbonyl (C=O) groups is 2. The second-order valence-corrected chi connectivity index (χ2v) is 9.27. The molecule has 1 aliphatic heterocycles. The summed E-state index contributed by atoms with van der Waals surface area (Å²) in [6.07, 6.45) is -0.644. The molecule has 1 fully saturated rings. The summed E-state index contributed by atoms with van der Waals surface area (Å²) in [5, 5.41) is 0. The molecule has 3 aromatic carbocycles. The summed E-state index contributed by atoms with van der Waals surface area (Å²) in [5.41, 5.74) is 5.58. The molecule has 1 aliphatic rings. The highest BCUT2D eigenvalue weighted by atomic mass is 19.3. The van der Waals surface area contributed by atoms with Gasteiger partial charge in [0, 0.05) is 42.8 Å². The van der Waals surface area contributed by atoms with Gasteiger partial charge in [-0.2, -0.15) is 0 Å². The number of nitrogens with zero attached hydrogens (tertiary/aromatic N) is 1. The number of esters is 1. The number of likely N-dealkylation sites (tertiary alicyclic amines) is 1. The van der Waals surface area contributed by atoms with Crippen LogP contribution < -0.4 is 0 Å². The molecule has 1 amide bonds. The van der Waals surface area contributed by atoms with Crippen LogP contribution in [0.25, 0.3) is 33.5 Å². The third kappa shape index (κ3) is 5.20. The van der Waals surface area contributed by atoms with Gasteiger partial charge in [0.05, 0.1) is 7.11 Å². The Kier molecular flexibility index (Phi) is 6.80. The van der Waals surface area contributed by atoms with E-state index in [1.807, 2.05) is 30.3 Å². The molecular weight excluding hydrogens is 493 g/mol. The first-order valence-electron chi connectivity index (χ1n) is 12.2. The van der Waals surface area contributed by atoms with Crippen molar-refractivity contribution in [2.75, 3.05) is 20.2 Å². The fourth-order valence-corrected chi connectivity index (χ4v) is 4.63. The maximum absolute atomic E-state index is 13.7. The normalized spacial score (nSPS) is 14.8. The SMILES string of the molecule is COC(=O)c1ccc(-c2ccc(-c3ccc(C(=O)N4CCC(F)(F)CC4)cc3)cc2-c2ccc(F)cc2)[nH]1. The Morgan fingerprint density at radius 3 is 2.11 bits per heavy atom. The number of halogens is 3. The first-order chi connectivity index (χ1) is 18.2. The fourth-order valence-electron chi connectivity index (χ4n) is 4.63. The van der Waals surface area contributed by atoms with Gasteiger partial charge in [0.25, 0.3) is 11.8 Å². The molecular formula is C30H25F3N2O3. The highest BCUT2D eigenvalue weighted by Gasteiger charge is 2.35. The lowest BCUT2D eigenvalue weighted by Gasteiger charge is -2.31. The molecule has 0 unspecified atom stereocenters. The van der Waals surface area contributed by atoms with Gasteiger partial charge in [-0.05, 0) is 64.7 Å². The molecule has 0 atom stereocenters. The van der Waals surface area contributed by atoms with E-state index in [0.717, 1.165) is 27.8 Å². The smallest absolute Gasteiger partial charge is 0.354 e. The number of H-pyrrole nitrogens is 1. The van der Waals surface area contributed by atoms with Crippen LogP contribution in [0.3, 0.4) is 0 Å². The predicted octanol–water partition coefficient (Wildman–Crippen LogP) is 6.81. The summed E-state index contributed by atoms with van der Waals surface area (Å²) in [4.78, 5) is 29.3. The molecule has 1 saturated heterocycles. The Bertz CT molecular complexity index is 1470. The first-order valence-corrected chi connectivity index (χ1v) is 12.2. The van der Waals surface area contributed by atoms with Gasteiger partial charge in [0.15, 0.2) is 0 Å². The van der Waals surface area contributed by atoms with Crippen molar-refractivity contribution in [3.63, 3.8) is 0 Å². The highest BCUT2D eigenvalue weighted by Crippen LogP contribution is 2.36. The van der Waals surface area contributed by atoms with E-state index < -0.39 is 11.9 Å². The Balaban J connectivity index is 1.46. The maximum atomic E-state index is 13.7. The molecule has 5 nitrogen and oxygen atoms in total. The van der Waals surface area contributed by atoms with Crippen LogP contribution in [-0.2, 0) is 4.74 Å². The third-order valence-corrected chi connectivity index (χ3v) is 6.80. The average Bonchev–Trinajstić information content (AvgIpc) is 3.43. The zero-order valence-electron chi connectivity index (χ0n) is 20.6. The zero-order valence-corrected chi connectivity index (χ0v) is 20.6. The Hall–Kier alpha value is -4.33. The summed E-state index contributed by atoms with van der Waals surface area (Å²) in [6.45, 7) is 0.0685. The second kappa shape index (κ2) is 10.2. The van der Waals surface area contributed by atoms with Gasteiger partial charge in [0.2, 0.25) is 0 Å². The number of hydrogen-bond acceptors (Lipinski definition) is 3. The van der Waals surface area contributed by atoms with Gasteiger partial charge in [0.1, 0.15) is 11.5 Å². The van der Waals surface area contributed by atoms with Crippen molar-refractivity contribution in [1.29, 1.82) is 0 Å². The van der Waals surface area contributed by atoms with E-state index in [0.29, 0.717) is 17.0 Å². The zero-order chi connectivity index (χ0) is 26.9. The van der Waals surface area contributed by atoms with E-state index in [1.54, 1.807) is 36.4 Å². The summed E-state index contributed by atoms with van der Waals surface area (Å²) < 4.78 is 45.4. The van der Waals surface area contributed by atoms with E-state index in [2.05, 4.69) is 4.98 Å². The number of aromatic nitrogens is 1. The van der Waals surface area contributed by atoms with Crippen LogP contribution in [0.15, 0.2) is 78.9 Å². The summed E-state index contributed by atoms with van der Waals surface area (Å²) in [5.74, 6) is -3.81. The van der Waals surface area contributed by atoms with Crippen LogP contribution in [0, 0.1) is 5.82 Å². The minimum Gasteiger partial charge on any atom is -0.464 e. The summed E-state index contributed by atoms with van der Waals surface area (Å²) >= 11 is 0. The number of nitrogens with one attached hydrogen (secondary N) is 1. The number of rotatable bonds is 5. The number of aromatic amines is 1. The van der Waals surface area contributed by atoms with E-state index in [-0.39, 0.29) is 37.7 Å². The standard InChI is InChI=1S/C30H25F3N2O3/c1-38-29(37)27-13-12-26(34-27)24-11-8-22(18-25(24)20-6-9-23(31)10-7-20)19-2-4-21(5-3-19)28(36)35-16-14-30(32,33)15-17-35/h2-13,18,34H,14-17H2,1H3. The number of piperidine rings is 1. The molecule has 2 heterocycles. The monoisotopic (exact) mass is 518 g/mol. The number of hydrogen-bond donors (Lipinski definition) is 1. The Labute approximate surface area is 217 Å². The number of benzene rings is 3.